The van der Waals surface area contributed by atoms with E-state index in [0.717, 1.165) is 24.1 Å². The summed E-state index contributed by atoms with van der Waals surface area (Å²) in [5, 5.41) is 0. The summed E-state index contributed by atoms with van der Waals surface area (Å²) in [6.45, 7) is 3.74. The van der Waals surface area contributed by atoms with Crippen LogP contribution >= 0.6 is 0 Å². The highest BCUT2D eigenvalue weighted by molar-refractivity contribution is 5.77. The largest absolute Gasteiger partial charge is 0.379 e. The lowest BCUT2D eigenvalue weighted by Crippen LogP contribution is -2.44. The molecule has 1 amide bonds. The van der Waals surface area contributed by atoms with E-state index in [4.69, 9.17) is 4.74 Å². The number of hydrogen-bond donors (Lipinski definition) is 1. The molecule has 2 fully saturated rings. The van der Waals surface area contributed by atoms with Crippen molar-refractivity contribution in [2.75, 3.05) is 39.9 Å². The van der Waals surface area contributed by atoms with Crippen LogP contribution in [0.1, 0.15) is 12.1 Å². The Kier molecular flexibility index (Phi) is 4.74. The van der Waals surface area contributed by atoms with Crippen LogP contribution in [-0.2, 0) is 16.0 Å². The lowest BCUT2D eigenvalue weighted by atomic mass is 10.1. The molecule has 0 radical (unpaired) electrons. The third-order valence-electron chi connectivity index (χ3n) is 5.34. The van der Waals surface area contributed by atoms with Crippen molar-refractivity contribution < 1.29 is 9.53 Å². The fourth-order valence-corrected chi connectivity index (χ4v) is 3.87. The predicted octanol–water partition coefficient (Wildman–Crippen LogP) is 0.645. The Morgan fingerprint density at radius 2 is 2.12 bits per heavy atom. The first kappa shape index (κ1) is 17.2. The summed E-state index contributed by atoms with van der Waals surface area (Å²) in [6, 6.07) is 7.68. The molecular formula is C19H24N4O3. The maximum atomic E-state index is 12.8. The van der Waals surface area contributed by atoms with Crippen molar-refractivity contribution in [3.63, 3.8) is 0 Å². The number of rotatable bonds is 3. The minimum absolute atomic E-state index is 0.0894. The zero-order valence-corrected chi connectivity index (χ0v) is 15.0. The van der Waals surface area contributed by atoms with Gasteiger partial charge >= 0.3 is 0 Å². The molecular weight excluding hydrogens is 332 g/mol. The first-order valence-corrected chi connectivity index (χ1v) is 9.14. The van der Waals surface area contributed by atoms with Crippen molar-refractivity contribution in [1.29, 1.82) is 0 Å². The number of nitrogens with one attached hydrogen (secondary N) is 1. The van der Waals surface area contributed by atoms with Crippen molar-refractivity contribution >= 4 is 16.9 Å². The fourth-order valence-electron chi connectivity index (χ4n) is 3.87. The van der Waals surface area contributed by atoms with E-state index in [1.807, 2.05) is 29.2 Å². The number of carbonyl (C=O) groups excluding carboxylic acids is 1. The van der Waals surface area contributed by atoms with Crippen molar-refractivity contribution in [2.45, 2.75) is 18.9 Å². The van der Waals surface area contributed by atoms with E-state index < -0.39 is 0 Å². The van der Waals surface area contributed by atoms with Crippen molar-refractivity contribution in [1.82, 2.24) is 19.8 Å². The number of aromatic amines is 1. The Labute approximate surface area is 152 Å². The molecule has 0 spiro atoms. The highest BCUT2D eigenvalue weighted by Crippen LogP contribution is 2.19. The predicted molar refractivity (Wildman–Crippen MR) is 98.0 cm³/mol. The zero-order valence-electron chi connectivity index (χ0n) is 15.0. The lowest BCUT2D eigenvalue weighted by molar-refractivity contribution is -0.133. The van der Waals surface area contributed by atoms with E-state index >= 15 is 0 Å². The normalized spacial score (nSPS) is 23.8. The van der Waals surface area contributed by atoms with Gasteiger partial charge in [0.25, 0.3) is 5.56 Å². The summed E-state index contributed by atoms with van der Waals surface area (Å²) in [6.07, 6.45) is 0.662. The molecule has 2 aliphatic heterocycles. The smallest absolute Gasteiger partial charge is 0.270 e. The van der Waals surface area contributed by atoms with Crippen LogP contribution in [0.2, 0.25) is 0 Å². The Balaban J connectivity index is 1.45. The van der Waals surface area contributed by atoms with E-state index in [0.29, 0.717) is 44.2 Å². The van der Waals surface area contributed by atoms with Gasteiger partial charge in [-0.3, -0.25) is 14.5 Å². The lowest BCUT2D eigenvalue weighted by Gasteiger charge is -2.29. The molecule has 1 N–H and O–H groups in total. The van der Waals surface area contributed by atoms with E-state index in [9.17, 15) is 9.59 Å². The summed E-state index contributed by atoms with van der Waals surface area (Å²) in [4.78, 5) is 36.5. The first-order chi connectivity index (χ1) is 12.6. The summed E-state index contributed by atoms with van der Waals surface area (Å²) in [5.74, 6) is 0.435. The van der Waals surface area contributed by atoms with Gasteiger partial charge in [0, 0.05) is 38.4 Å². The Hall–Kier alpha value is -2.25. The number of para-hydroxylation sites is 2. The monoisotopic (exact) mass is 356 g/mol. The molecule has 2 bridgehead atoms. The van der Waals surface area contributed by atoms with Crippen LogP contribution < -0.4 is 5.56 Å². The Bertz CT molecular complexity index is 865. The van der Waals surface area contributed by atoms with Crippen LogP contribution in [0.5, 0.6) is 0 Å². The number of ether oxygens (including phenoxy) is 1. The molecule has 138 valence electrons. The summed E-state index contributed by atoms with van der Waals surface area (Å²) >= 11 is 0. The minimum Gasteiger partial charge on any atom is -0.379 e. The molecule has 4 rings (SSSR count). The van der Waals surface area contributed by atoms with Crippen LogP contribution in [0.3, 0.4) is 0 Å². The Morgan fingerprint density at radius 1 is 1.27 bits per heavy atom. The van der Waals surface area contributed by atoms with Crippen LogP contribution in [0.25, 0.3) is 11.0 Å². The number of aryl methyl sites for hydroxylation is 1. The highest BCUT2D eigenvalue weighted by atomic mass is 16.5. The number of nitrogens with zero attached hydrogens (tertiary/aromatic N) is 3. The number of aromatic nitrogens is 2. The van der Waals surface area contributed by atoms with Crippen molar-refractivity contribution in [3.05, 3.63) is 40.3 Å². The molecule has 7 heteroatoms. The van der Waals surface area contributed by atoms with Gasteiger partial charge in [0.05, 0.1) is 30.3 Å². The number of likely N-dealkylation sites (N-methyl/N-ethyl adjacent to an activating group) is 1. The van der Waals surface area contributed by atoms with Crippen LogP contribution in [-0.4, -0.2) is 71.6 Å². The van der Waals surface area contributed by atoms with E-state index in [1.54, 1.807) is 0 Å². The van der Waals surface area contributed by atoms with Crippen LogP contribution in [0, 0.1) is 5.92 Å². The van der Waals surface area contributed by atoms with Gasteiger partial charge in [0.15, 0.2) is 0 Å². The fraction of sp³-hybridized carbons (Fsp3) is 0.526. The second-order valence-electron chi connectivity index (χ2n) is 7.33. The molecule has 2 aromatic rings. The molecule has 2 saturated heterocycles. The average molecular weight is 356 g/mol. The number of amides is 1. The average Bonchev–Trinajstić information content (AvgIpc) is 2.88. The van der Waals surface area contributed by atoms with E-state index in [-0.39, 0.29) is 17.5 Å². The quantitative estimate of drug-likeness (QED) is 0.873. The molecule has 2 atom stereocenters. The standard InChI is InChI=1S/C19H24N4O3/c1-22-8-13-9-23(10-14(22)12-26-11-13)18(24)7-6-17-19(25)21-16-5-3-2-4-15(16)20-17/h2-5,13-14H,6-12H2,1H3,(H,21,25)/t13-,14+/m1/s1. The summed E-state index contributed by atoms with van der Waals surface area (Å²) < 4.78 is 5.71. The van der Waals surface area contributed by atoms with Gasteiger partial charge in [0.2, 0.25) is 5.91 Å². The van der Waals surface area contributed by atoms with Gasteiger partial charge in [-0.25, -0.2) is 4.98 Å². The molecule has 0 aliphatic carbocycles. The van der Waals surface area contributed by atoms with Gasteiger partial charge in [-0.15, -0.1) is 0 Å². The summed E-state index contributed by atoms with van der Waals surface area (Å²) in [5.41, 5.74) is 1.68. The van der Waals surface area contributed by atoms with Gasteiger partial charge in [-0.05, 0) is 19.2 Å². The second-order valence-corrected chi connectivity index (χ2v) is 7.33. The van der Waals surface area contributed by atoms with Crippen molar-refractivity contribution in [3.8, 4) is 0 Å². The SMILES string of the molecule is CN1C[C@H]2COC[C@@H]1CN(C(=O)CCc1nc3ccccc3[nH]c1=O)C2. The summed E-state index contributed by atoms with van der Waals surface area (Å²) in [7, 11) is 2.10. The molecule has 2 aliphatic rings. The van der Waals surface area contributed by atoms with Gasteiger partial charge in [0.1, 0.15) is 5.69 Å². The third kappa shape index (κ3) is 3.50. The number of H-pyrrole nitrogens is 1. The number of hydrogen-bond acceptors (Lipinski definition) is 5. The Morgan fingerprint density at radius 3 is 3.00 bits per heavy atom. The van der Waals surface area contributed by atoms with Crippen molar-refractivity contribution in [2.24, 2.45) is 5.92 Å². The number of carbonyl (C=O) groups is 1. The van der Waals surface area contributed by atoms with Gasteiger partial charge in [-0.2, -0.15) is 0 Å². The first-order valence-electron chi connectivity index (χ1n) is 9.14. The van der Waals surface area contributed by atoms with E-state index in [2.05, 4.69) is 21.9 Å². The molecule has 26 heavy (non-hydrogen) atoms. The van der Waals surface area contributed by atoms with Gasteiger partial charge < -0.3 is 14.6 Å². The minimum atomic E-state index is -0.211. The number of benzene rings is 1. The third-order valence-corrected chi connectivity index (χ3v) is 5.34. The van der Waals surface area contributed by atoms with Crippen LogP contribution in [0.15, 0.2) is 29.1 Å². The molecule has 1 aromatic heterocycles. The molecule has 0 unspecified atom stereocenters. The highest BCUT2D eigenvalue weighted by Gasteiger charge is 2.33. The number of fused-ring (bicyclic) bond motifs is 4. The van der Waals surface area contributed by atoms with Crippen LogP contribution in [0.4, 0.5) is 0 Å². The molecule has 7 nitrogen and oxygen atoms in total. The molecule has 3 heterocycles. The zero-order chi connectivity index (χ0) is 18.1. The van der Waals surface area contributed by atoms with E-state index in [1.165, 1.54) is 0 Å². The van der Waals surface area contributed by atoms with Gasteiger partial charge in [-0.1, -0.05) is 12.1 Å². The topological polar surface area (TPSA) is 78.5 Å². The second kappa shape index (κ2) is 7.17. The molecule has 0 saturated carbocycles. The maximum Gasteiger partial charge on any atom is 0.270 e. The molecule has 1 aromatic carbocycles. The maximum absolute atomic E-state index is 12.8.